The second-order valence-electron chi connectivity index (χ2n) is 5.40. The summed E-state index contributed by atoms with van der Waals surface area (Å²) in [6.45, 7) is 8.45. The molecule has 0 unspecified atom stereocenters. The van der Waals surface area contributed by atoms with E-state index in [4.69, 9.17) is 0 Å². The first-order valence-corrected chi connectivity index (χ1v) is 6.59. The summed E-state index contributed by atoms with van der Waals surface area (Å²) in [7, 11) is 4.43. The Morgan fingerprint density at radius 3 is 2.06 bits per heavy atom. The van der Waals surface area contributed by atoms with Crippen LogP contribution in [0.1, 0.15) is 12.8 Å². The summed E-state index contributed by atoms with van der Waals surface area (Å²) in [5.74, 6) is 0.885. The number of hydrogen-bond acceptors (Lipinski definition) is 4. The van der Waals surface area contributed by atoms with Crippen molar-refractivity contribution in [3.8, 4) is 0 Å². The quantitative estimate of drug-likeness (QED) is 0.736. The average Bonchev–Trinajstić information content (AvgIpc) is 2.30. The van der Waals surface area contributed by atoms with Gasteiger partial charge in [-0.2, -0.15) is 0 Å². The monoisotopic (exact) mass is 226 g/mol. The molecule has 4 nitrogen and oxygen atoms in total. The first-order chi connectivity index (χ1) is 7.74. The standard InChI is InChI=1S/C12H26N4/c1-14-5-3-12(4-6-14)11-13-16-9-7-15(2)8-10-16/h12-13H,3-11H2,1-2H3. The first-order valence-electron chi connectivity index (χ1n) is 6.59. The highest BCUT2D eigenvalue weighted by molar-refractivity contribution is 4.73. The number of hydrazine groups is 1. The van der Waals surface area contributed by atoms with Crippen LogP contribution in [0.4, 0.5) is 0 Å². The van der Waals surface area contributed by atoms with Crippen LogP contribution in [0.5, 0.6) is 0 Å². The van der Waals surface area contributed by atoms with Gasteiger partial charge >= 0.3 is 0 Å². The van der Waals surface area contributed by atoms with Gasteiger partial charge in [0.1, 0.15) is 0 Å². The van der Waals surface area contributed by atoms with Crippen molar-refractivity contribution in [3.05, 3.63) is 0 Å². The summed E-state index contributed by atoms with van der Waals surface area (Å²) in [5.41, 5.74) is 3.61. The molecule has 0 saturated carbocycles. The molecule has 2 rings (SSSR count). The Hall–Kier alpha value is -0.160. The zero-order chi connectivity index (χ0) is 11.4. The number of rotatable bonds is 3. The molecule has 0 radical (unpaired) electrons. The number of nitrogens with zero attached hydrogens (tertiary/aromatic N) is 3. The highest BCUT2D eigenvalue weighted by Gasteiger charge is 2.18. The maximum atomic E-state index is 3.61. The van der Waals surface area contributed by atoms with Gasteiger partial charge in [0.2, 0.25) is 0 Å². The van der Waals surface area contributed by atoms with E-state index >= 15 is 0 Å². The zero-order valence-corrected chi connectivity index (χ0v) is 10.8. The lowest BCUT2D eigenvalue weighted by Gasteiger charge is -2.35. The van der Waals surface area contributed by atoms with Crippen LogP contribution >= 0.6 is 0 Å². The molecule has 2 aliphatic heterocycles. The highest BCUT2D eigenvalue weighted by Crippen LogP contribution is 2.14. The van der Waals surface area contributed by atoms with E-state index in [1.54, 1.807) is 0 Å². The van der Waals surface area contributed by atoms with Gasteiger partial charge in [-0.3, -0.25) is 5.43 Å². The molecule has 2 heterocycles. The Morgan fingerprint density at radius 2 is 1.44 bits per heavy atom. The zero-order valence-electron chi connectivity index (χ0n) is 10.8. The van der Waals surface area contributed by atoms with Crippen molar-refractivity contribution in [2.24, 2.45) is 5.92 Å². The van der Waals surface area contributed by atoms with Crippen molar-refractivity contribution in [2.45, 2.75) is 12.8 Å². The van der Waals surface area contributed by atoms with Crippen LogP contribution in [-0.2, 0) is 0 Å². The molecule has 0 bridgehead atoms. The SMILES string of the molecule is CN1CCC(CNN2CCN(C)CC2)CC1. The molecular formula is C12H26N4. The number of likely N-dealkylation sites (tertiary alicyclic amines) is 1. The second kappa shape index (κ2) is 5.96. The van der Waals surface area contributed by atoms with Crippen molar-refractivity contribution in [2.75, 3.05) is 59.9 Å². The van der Waals surface area contributed by atoms with Gasteiger partial charge in [-0.1, -0.05) is 0 Å². The molecule has 2 saturated heterocycles. The predicted molar refractivity (Wildman–Crippen MR) is 67.3 cm³/mol. The summed E-state index contributed by atoms with van der Waals surface area (Å²) < 4.78 is 0. The predicted octanol–water partition coefficient (Wildman–Crippen LogP) is 0.0802. The molecule has 4 heteroatoms. The molecule has 0 aromatic rings. The average molecular weight is 226 g/mol. The molecule has 2 fully saturated rings. The fraction of sp³-hybridized carbons (Fsp3) is 1.00. The van der Waals surface area contributed by atoms with E-state index in [-0.39, 0.29) is 0 Å². The van der Waals surface area contributed by atoms with Gasteiger partial charge in [-0.05, 0) is 45.9 Å². The Kier molecular flexibility index (Phi) is 4.58. The molecule has 0 amide bonds. The lowest BCUT2D eigenvalue weighted by Crippen LogP contribution is -2.52. The Morgan fingerprint density at radius 1 is 0.875 bits per heavy atom. The Bertz CT molecular complexity index is 171. The van der Waals surface area contributed by atoms with Gasteiger partial charge in [0, 0.05) is 32.7 Å². The number of piperidine rings is 1. The van der Waals surface area contributed by atoms with Gasteiger partial charge in [0.15, 0.2) is 0 Å². The molecule has 0 aromatic heterocycles. The lowest BCUT2D eigenvalue weighted by molar-refractivity contribution is 0.0898. The molecule has 1 N–H and O–H groups in total. The van der Waals surface area contributed by atoms with Crippen LogP contribution in [0.25, 0.3) is 0 Å². The highest BCUT2D eigenvalue weighted by atomic mass is 15.5. The van der Waals surface area contributed by atoms with Crippen molar-refractivity contribution < 1.29 is 0 Å². The van der Waals surface area contributed by atoms with E-state index in [1.807, 2.05) is 0 Å². The summed E-state index contributed by atoms with van der Waals surface area (Å²) in [5, 5.41) is 2.40. The van der Waals surface area contributed by atoms with Crippen LogP contribution < -0.4 is 5.43 Å². The maximum absolute atomic E-state index is 3.61. The molecule has 2 aliphatic rings. The minimum Gasteiger partial charge on any atom is -0.306 e. The van der Waals surface area contributed by atoms with E-state index in [1.165, 1.54) is 58.7 Å². The van der Waals surface area contributed by atoms with Gasteiger partial charge in [-0.25, -0.2) is 5.01 Å². The number of likely N-dealkylation sites (N-methyl/N-ethyl adjacent to an activating group) is 1. The van der Waals surface area contributed by atoms with Crippen LogP contribution in [0.15, 0.2) is 0 Å². The smallest absolute Gasteiger partial charge is 0.0259 e. The topological polar surface area (TPSA) is 21.8 Å². The maximum Gasteiger partial charge on any atom is 0.0259 e. The third-order valence-electron chi connectivity index (χ3n) is 3.94. The molecule has 0 atom stereocenters. The molecular weight excluding hydrogens is 200 g/mol. The van der Waals surface area contributed by atoms with E-state index in [2.05, 4.69) is 34.3 Å². The van der Waals surface area contributed by atoms with Crippen LogP contribution in [0.3, 0.4) is 0 Å². The van der Waals surface area contributed by atoms with E-state index < -0.39 is 0 Å². The van der Waals surface area contributed by atoms with Crippen LogP contribution in [0.2, 0.25) is 0 Å². The summed E-state index contributed by atoms with van der Waals surface area (Å²) in [4.78, 5) is 4.83. The number of hydrogen-bond donors (Lipinski definition) is 1. The summed E-state index contributed by atoms with van der Waals surface area (Å²) in [6, 6.07) is 0. The van der Waals surface area contributed by atoms with Gasteiger partial charge < -0.3 is 9.80 Å². The third-order valence-corrected chi connectivity index (χ3v) is 3.94. The molecule has 0 aromatic carbocycles. The first kappa shape index (κ1) is 12.3. The minimum absolute atomic E-state index is 0.885. The fourth-order valence-corrected chi connectivity index (χ4v) is 2.49. The number of nitrogens with one attached hydrogen (secondary N) is 1. The Balaban J connectivity index is 1.60. The minimum atomic E-state index is 0.885. The molecule has 0 spiro atoms. The molecule has 94 valence electrons. The van der Waals surface area contributed by atoms with Crippen LogP contribution in [0, 0.1) is 5.92 Å². The van der Waals surface area contributed by atoms with Gasteiger partial charge in [0.05, 0.1) is 0 Å². The summed E-state index contributed by atoms with van der Waals surface area (Å²) >= 11 is 0. The van der Waals surface area contributed by atoms with E-state index in [9.17, 15) is 0 Å². The molecule has 0 aliphatic carbocycles. The molecule has 16 heavy (non-hydrogen) atoms. The van der Waals surface area contributed by atoms with Crippen molar-refractivity contribution >= 4 is 0 Å². The van der Waals surface area contributed by atoms with E-state index in [0.717, 1.165) is 5.92 Å². The second-order valence-corrected chi connectivity index (χ2v) is 5.40. The summed E-state index contributed by atoms with van der Waals surface area (Å²) in [6.07, 6.45) is 2.72. The normalized spacial score (nSPS) is 27.4. The fourth-order valence-electron chi connectivity index (χ4n) is 2.49. The number of piperazine rings is 1. The third kappa shape index (κ3) is 3.70. The van der Waals surface area contributed by atoms with Crippen molar-refractivity contribution in [1.82, 2.24) is 20.2 Å². The van der Waals surface area contributed by atoms with Gasteiger partial charge in [0.25, 0.3) is 0 Å². The van der Waals surface area contributed by atoms with Gasteiger partial charge in [-0.15, -0.1) is 0 Å². The van der Waals surface area contributed by atoms with E-state index in [0.29, 0.717) is 0 Å². The van der Waals surface area contributed by atoms with Crippen LogP contribution in [-0.4, -0.2) is 74.7 Å². The van der Waals surface area contributed by atoms with Crippen molar-refractivity contribution in [3.63, 3.8) is 0 Å². The largest absolute Gasteiger partial charge is 0.306 e. The lowest BCUT2D eigenvalue weighted by atomic mass is 9.97. The Labute approximate surface area is 99.5 Å². The van der Waals surface area contributed by atoms with Crippen molar-refractivity contribution in [1.29, 1.82) is 0 Å².